The molecule has 0 saturated carbocycles. The van der Waals surface area contributed by atoms with Crippen LogP contribution in [-0.4, -0.2) is 206 Å². The zero-order valence-electron chi connectivity index (χ0n) is 37.1. The number of halogens is 1. The lowest BCUT2D eigenvalue weighted by molar-refractivity contribution is -0.141. The lowest BCUT2D eigenvalue weighted by atomic mass is 10.0. The molecule has 23 heteroatoms. The van der Waals surface area contributed by atoms with E-state index < -0.39 is 66.8 Å². The second kappa shape index (κ2) is 28.9. The number of hydrogen-bond acceptors (Lipinski definition) is 13. The number of unbranched alkanes of at least 4 members (excludes halogenated alkanes) is 1. The summed E-state index contributed by atoms with van der Waals surface area (Å²) in [6.07, 6.45) is 0.116. The number of ketones is 1. The second-order valence-electron chi connectivity index (χ2n) is 16.2. The number of urea groups is 1. The van der Waals surface area contributed by atoms with Crippen molar-refractivity contribution in [1.82, 2.24) is 35.1 Å². The van der Waals surface area contributed by atoms with E-state index in [0.29, 0.717) is 31.5 Å². The molecule has 0 aromatic heterocycles. The van der Waals surface area contributed by atoms with E-state index in [4.69, 9.17) is 5.11 Å². The molecule has 1 aliphatic heterocycles. The van der Waals surface area contributed by atoms with E-state index in [1.165, 1.54) is 0 Å². The maximum atomic E-state index is 13.9. The number of carbonyl (C=O) groups excluding carboxylic acids is 3. The van der Waals surface area contributed by atoms with Crippen molar-refractivity contribution in [3.05, 3.63) is 69.7 Å². The number of nitrogens with zero attached hydrogens (tertiary/aromatic N) is 5. The van der Waals surface area contributed by atoms with Crippen molar-refractivity contribution in [1.29, 1.82) is 0 Å². The summed E-state index contributed by atoms with van der Waals surface area (Å²) in [5.41, 5.74) is 1.98. The smallest absolute Gasteiger partial charge is 0.326 e. The van der Waals surface area contributed by atoms with Gasteiger partial charge in [-0.2, -0.15) is 0 Å². The van der Waals surface area contributed by atoms with Gasteiger partial charge in [0, 0.05) is 88.3 Å². The molecule has 0 unspecified atom stereocenters. The lowest BCUT2D eigenvalue weighted by Crippen LogP contribution is -2.51. The van der Waals surface area contributed by atoms with Gasteiger partial charge >= 0.3 is 41.8 Å². The largest absolute Gasteiger partial charge is 0.481 e. The number of carboxylic acid groups (broad SMARTS) is 6. The summed E-state index contributed by atoms with van der Waals surface area (Å²) in [6, 6.07) is 10.2. The minimum absolute atomic E-state index is 0.0325. The van der Waals surface area contributed by atoms with E-state index in [1.807, 2.05) is 29.2 Å². The Labute approximate surface area is 395 Å². The Morgan fingerprint density at radius 1 is 0.537 bits per heavy atom. The Balaban J connectivity index is 1.64. The van der Waals surface area contributed by atoms with Crippen molar-refractivity contribution in [2.45, 2.75) is 63.6 Å². The fourth-order valence-electron chi connectivity index (χ4n) is 7.25. The van der Waals surface area contributed by atoms with Crippen molar-refractivity contribution in [2.24, 2.45) is 0 Å². The minimum Gasteiger partial charge on any atom is -0.481 e. The zero-order chi connectivity index (χ0) is 49.5. The molecule has 0 aliphatic carbocycles. The van der Waals surface area contributed by atoms with Gasteiger partial charge in [-0.1, -0.05) is 40.2 Å². The number of nitrogens with one attached hydrogen (secondary N) is 2. The van der Waals surface area contributed by atoms with Crippen LogP contribution < -0.4 is 10.6 Å². The molecule has 1 saturated heterocycles. The van der Waals surface area contributed by atoms with Crippen LogP contribution in [-0.2, 0) is 46.5 Å². The maximum absolute atomic E-state index is 13.9. The molecule has 3 rings (SSSR count). The summed E-state index contributed by atoms with van der Waals surface area (Å²) in [6.45, 7) is 1.84. The van der Waals surface area contributed by atoms with Crippen LogP contribution in [0.1, 0.15) is 60.0 Å². The van der Waals surface area contributed by atoms with Gasteiger partial charge in [-0.3, -0.25) is 48.4 Å². The number of amides is 3. The number of aryl methyl sites for hydroxylation is 1. The number of hydrogen-bond donors (Lipinski definition) is 8. The molecule has 0 radical (unpaired) electrons. The lowest BCUT2D eigenvalue weighted by Gasteiger charge is -2.32. The van der Waals surface area contributed by atoms with Crippen LogP contribution in [0.3, 0.4) is 0 Å². The van der Waals surface area contributed by atoms with E-state index in [2.05, 4.69) is 26.6 Å². The first-order valence-corrected chi connectivity index (χ1v) is 22.5. The molecule has 3 amide bonds. The quantitative estimate of drug-likeness (QED) is 0.0616. The maximum Gasteiger partial charge on any atom is 0.326 e. The van der Waals surface area contributed by atoms with E-state index in [-0.39, 0.29) is 109 Å². The molecule has 0 bridgehead atoms. The van der Waals surface area contributed by atoms with Gasteiger partial charge < -0.3 is 46.2 Å². The summed E-state index contributed by atoms with van der Waals surface area (Å²) >= 11 is 3.41. The number of rotatable bonds is 26. The molecule has 2 aromatic carbocycles. The highest BCUT2D eigenvalue weighted by atomic mass is 79.9. The first kappa shape index (κ1) is 55.3. The number of benzene rings is 2. The molecule has 0 spiro atoms. The number of Topliss-reactive ketones (excluding diaryl/α,β-unsaturated/α-hetero) is 1. The highest BCUT2D eigenvalue weighted by Gasteiger charge is 2.26. The molecular formula is C44H60BrN7O15. The molecule has 1 aliphatic rings. The van der Waals surface area contributed by atoms with Crippen molar-refractivity contribution < 1.29 is 73.8 Å². The summed E-state index contributed by atoms with van der Waals surface area (Å²) in [7, 11) is 0. The van der Waals surface area contributed by atoms with E-state index in [0.717, 1.165) is 15.6 Å². The first-order chi connectivity index (χ1) is 31.8. The van der Waals surface area contributed by atoms with Gasteiger partial charge in [0.2, 0.25) is 0 Å². The predicted molar refractivity (Wildman–Crippen MR) is 243 cm³/mol. The summed E-state index contributed by atoms with van der Waals surface area (Å²) < 4.78 is 0.840. The predicted octanol–water partition coefficient (Wildman–Crippen LogP) is 1.31. The Bertz CT molecular complexity index is 1980. The standard InChI is InChI=1S/C44H60BrN7O15/c45-33-11-6-31(7-12-33)25-52(16-2-1-3-35(42(63)64)46-44(67)47-36(43(65)66)14-15-37(54)55)41(62)32-9-4-30(5-10-32)8-13-34(53)26-48-17-19-49(27-38(56)57)21-23-51(29-40(60)61)24-22-50(20-18-48)28-39(58)59/h4-7,9-12,35-36H,1-3,8,13-29H2,(H,54,55)(H,56,57)(H,58,59)(H,60,61)(H,63,64)(H,65,66)(H2,46,47,67)/t35-,36-/m0/s1. The molecule has 1 heterocycles. The fourth-order valence-corrected chi connectivity index (χ4v) is 7.51. The molecule has 368 valence electrons. The number of aliphatic carboxylic acids is 6. The fraction of sp³-hybridized carbons (Fsp3) is 0.523. The molecule has 2 aromatic rings. The summed E-state index contributed by atoms with van der Waals surface area (Å²) in [5.74, 6) is -7.66. The van der Waals surface area contributed by atoms with Crippen LogP contribution >= 0.6 is 15.9 Å². The minimum atomic E-state index is -1.55. The summed E-state index contributed by atoms with van der Waals surface area (Å²) in [5, 5.41) is 60.6. The number of carbonyl (C=O) groups is 9. The van der Waals surface area contributed by atoms with E-state index in [1.54, 1.807) is 43.9 Å². The van der Waals surface area contributed by atoms with Crippen LogP contribution in [0.15, 0.2) is 53.0 Å². The van der Waals surface area contributed by atoms with Gasteiger partial charge in [0.05, 0.1) is 26.2 Å². The van der Waals surface area contributed by atoms with Crippen molar-refractivity contribution in [2.75, 3.05) is 85.1 Å². The third-order valence-electron chi connectivity index (χ3n) is 10.9. The average Bonchev–Trinajstić information content (AvgIpc) is 3.25. The Kier molecular flexibility index (Phi) is 23.9. The normalized spacial score (nSPS) is 15.5. The molecule has 8 N–H and O–H groups in total. The third kappa shape index (κ3) is 22.4. The number of carboxylic acids is 6. The van der Waals surface area contributed by atoms with Crippen LogP contribution in [0.5, 0.6) is 0 Å². The first-order valence-electron chi connectivity index (χ1n) is 21.7. The van der Waals surface area contributed by atoms with E-state index >= 15 is 0 Å². The van der Waals surface area contributed by atoms with Crippen molar-refractivity contribution in [3.8, 4) is 0 Å². The van der Waals surface area contributed by atoms with Gasteiger partial charge in [-0.15, -0.1) is 0 Å². The van der Waals surface area contributed by atoms with Gasteiger partial charge in [-0.25, -0.2) is 14.4 Å². The van der Waals surface area contributed by atoms with Crippen molar-refractivity contribution in [3.63, 3.8) is 0 Å². The van der Waals surface area contributed by atoms with Gasteiger partial charge in [0.1, 0.15) is 17.9 Å². The average molecular weight is 1010 g/mol. The molecule has 67 heavy (non-hydrogen) atoms. The van der Waals surface area contributed by atoms with Crippen molar-refractivity contribution >= 4 is 69.5 Å². The Morgan fingerprint density at radius 2 is 0.970 bits per heavy atom. The van der Waals surface area contributed by atoms with Gasteiger partial charge in [-0.05, 0) is 67.5 Å². The third-order valence-corrected chi connectivity index (χ3v) is 11.4. The molecular weight excluding hydrogens is 946 g/mol. The molecule has 1 fully saturated rings. The monoisotopic (exact) mass is 1010 g/mol. The molecule has 2 atom stereocenters. The summed E-state index contributed by atoms with van der Waals surface area (Å²) in [4.78, 5) is 117. The topological polar surface area (TPSA) is 315 Å². The van der Waals surface area contributed by atoms with Crippen LogP contribution in [0.4, 0.5) is 4.79 Å². The molecule has 22 nitrogen and oxygen atoms in total. The van der Waals surface area contributed by atoms with E-state index in [9.17, 15) is 68.7 Å². The highest BCUT2D eigenvalue weighted by Crippen LogP contribution is 2.17. The van der Waals surface area contributed by atoms with Gasteiger partial charge in [0.15, 0.2) is 0 Å². The Morgan fingerprint density at radius 3 is 1.40 bits per heavy atom. The highest BCUT2D eigenvalue weighted by molar-refractivity contribution is 9.10. The van der Waals surface area contributed by atoms with Crippen LogP contribution in [0.2, 0.25) is 0 Å². The SMILES string of the molecule is O=C(O)CC[C@H](NC(=O)N[C@@H](CCCCN(Cc1ccc(Br)cc1)C(=O)c1ccc(CCC(=O)CN2CCN(CC(=O)O)CCN(CC(=O)O)CCN(CC(=O)O)CC2)cc1)C(=O)O)C(=O)O. The second-order valence-corrected chi connectivity index (χ2v) is 17.1. The van der Waals surface area contributed by atoms with Crippen LogP contribution in [0, 0.1) is 0 Å². The zero-order valence-corrected chi connectivity index (χ0v) is 38.7. The Hall–Kier alpha value is -6.01. The van der Waals surface area contributed by atoms with Crippen LogP contribution in [0.25, 0.3) is 0 Å². The van der Waals surface area contributed by atoms with Gasteiger partial charge in [0.25, 0.3) is 5.91 Å².